The maximum absolute atomic E-state index is 12.4. The van der Waals surface area contributed by atoms with Crippen LogP contribution in [0.15, 0.2) is 24.3 Å². The molecule has 1 atom stereocenters. The third kappa shape index (κ3) is 2.77. The van der Waals surface area contributed by atoms with Gasteiger partial charge in [0.2, 0.25) is 0 Å². The van der Waals surface area contributed by atoms with Crippen molar-refractivity contribution in [1.82, 2.24) is 0 Å². The predicted octanol–water partition coefficient (Wildman–Crippen LogP) is 5.14. The summed E-state index contributed by atoms with van der Waals surface area (Å²) in [4.78, 5) is 12.4. The molecule has 2 nitrogen and oxygen atoms in total. The van der Waals surface area contributed by atoms with Crippen LogP contribution in [0.4, 0.5) is 0 Å². The summed E-state index contributed by atoms with van der Waals surface area (Å²) in [6, 6.07) is 8.13. The average Bonchev–Trinajstić information content (AvgIpc) is 2.92. The minimum absolute atomic E-state index is 0.227. The lowest BCUT2D eigenvalue weighted by molar-refractivity contribution is -0.152. The van der Waals surface area contributed by atoms with Crippen molar-refractivity contribution >= 4 is 21.9 Å². The Bertz CT molecular complexity index is 495. The lowest BCUT2D eigenvalue weighted by Crippen LogP contribution is -2.52. The van der Waals surface area contributed by atoms with Crippen molar-refractivity contribution in [2.45, 2.75) is 57.2 Å². The van der Waals surface area contributed by atoms with Gasteiger partial charge in [-0.25, -0.2) is 0 Å². The van der Waals surface area contributed by atoms with Crippen LogP contribution < -0.4 is 0 Å². The highest BCUT2D eigenvalue weighted by Gasteiger charge is 2.55. The molecule has 1 fully saturated rings. The Labute approximate surface area is 136 Å². The molecule has 21 heavy (non-hydrogen) atoms. The van der Waals surface area contributed by atoms with E-state index in [2.05, 4.69) is 36.7 Å². The van der Waals surface area contributed by atoms with Crippen LogP contribution in [0.25, 0.3) is 0 Å². The molecule has 0 amide bonds. The monoisotopic (exact) mass is 352 g/mol. The van der Waals surface area contributed by atoms with E-state index in [1.807, 2.05) is 24.3 Å². The second-order valence-electron chi connectivity index (χ2n) is 7.18. The summed E-state index contributed by atoms with van der Waals surface area (Å²) in [7, 11) is 0. The lowest BCUT2D eigenvalue weighted by atomic mass is 9.55. The van der Waals surface area contributed by atoms with E-state index < -0.39 is 11.4 Å². The summed E-state index contributed by atoms with van der Waals surface area (Å²) in [5.41, 5.74) is 1.02. The summed E-state index contributed by atoms with van der Waals surface area (Å²) in [6.07, 6.45) is 4.33. The fourth-order valence-corrected chi connectivity index (χ4v) is 4.49. The van der Waals surface area contributed by atoms with Gasteiger partial charge in [-0.05, 0) is 35.3 Å². The number of hydrogen-bond acceptors (Lipinski definition) is 1. The molecule has 3 heteroatoms. The molecule has 0 aliphatic heterocycles. The second-order valence-corrected chi connectivity index (χ2v) is 7.74. The van der Waals surface area contributed by atoms with Crippen LogP contribution in [0, 0.1) is 11.3 Å². The Morgan fingerprint density at radius 3 is 2.10 bits per heavy atom. The molecule has 2 rings (SSSR count). The van der Waals surface area contributed by atoms with E-state index in [0.717, 1.165) is 36.6 Å². The highest BCUT2D eigenvalue weighted by Crippen LogP contribution is 2.52. The van der Waals surface area contributed by atoms with E-state index in [4.69, 9.17) is 0 Å². The van der Waals surface area contributed by atoms with Gasteiger partial charge in [0.05, 0.1) is 0 Å². The number of alkyl halides is 1. The van der Waals surface area contributed by atoms with Gasteiger partial charge in [0.1, 0.15) is 5.41 Å². The molecule has 1 aromatic carbocycles. The fourth-order valence-electron chi connectivity index (χ4n) is 4.12. The van der Waals surface area contributed by atoms with Crippen LogP contribution in [-0.4, -0.2) is 11.1 Å². The first-order valence-electron chi connectivity index (χ1n) is 7.73. The Morgan fingerprint density at radius 2 is 1.71 bits per heavy atom. The summed E-state index contributed by atoms with van der Waals surface area (Å²) in [5.74, 6) is -0.446. The van der Waals surface area contributed by atoms with Gasteiger partial charge in [-0.1, -0.05) is 73.8 Å². The number of carboxylic acid groups (broad SMARTS) is 1. The minimum Gasteiger partial charge on any atom is -0.481 e. The summed E-state index contributed by atoms with van der Waals surface area (Å²) >= 11 is 3.45. The van der Waals surface area contributed by atoms with Gasteiger partial charge in [-0.2, -0.15) is 0 Å². The lowest BCUT2D eigenvalue weighted by Gasteiger charge is -2.46. The van der Waals surface area contributed by atoms with Crippen LogP contribution >= 0.6 is 15.9 Å². The zero-order valence-electron chi connectivity index (χ0n) is 13.2. The van der Waals surface area contributed by atoms with Gasteiger partial charge in [0.15, 0.2) is 0 Å². The van der Waals surface area contributed by atoms with Crippen molar-refractivity contribution in [1.29, 1.82) is 0 Å². The normalized spacial score (nSPS) is 19.4. The third-order valence-electron chi connectivity index (χ3n) is 5.05. The van der Waals surface area contributed by atoms with E-state index in [0.29, 0.717) is 0 Å². The van der Waals surface area contributed by atoms with Crippen LogP contribution in [-0.2, 0) is 15.5 Å². The Kier molecular flexibility index (Phi) is 4.82. The number of rotatable bonds is 4. The van der Waals surface area contributed by atoms with E-state index in [1.54, 1.807) is 0 Å². The van der Waals surface area contributed by atoms with Gasteiger partial charge in [0, 0.05) is 5.33 Å². The van der Waals surface area contributed by atoms with Gasteiger partial charge >= 0.3 is 5.97 Å². The highest BCUT2D eigenvalue weighted by atomic mass is 79.9. The van der Waals surface area contributed by atoms with E-state index in [9.17, 15) is 9.90 Å². The first-order valence-corrected chi connectivity index (χ1v) is 8.85. The van der Waals surface area contributed by atoms with Crippen molar-refractivity contribution in [2.24, 2.45) is 11.3 Å². The Balaban J connectivity index is 2.59. The molecular formula is C18H25BrO2. The molecule has 1 saturated carbocycles. The SMILES string of the molecule is CC(C)(C)[C@](C(=O)O)(c1ccc(CBr)cc1)C1CCCC1. The van der Waals surface area contributed by atoms with Crippen LogP contribution in [0.3, 0.4) is 0 Å². The molecule has 0 radical (unpaired) electrons. The van der Waals surface area contributed by atoms with Gasteiger partial charge in [-0.3, -0.25) is 4.79 Å². The number of carboxylic acids is 1. The van der Waals surface area contributed by atoms with Crippen LogP contribution in [0.1, 0.15) is 57.6 Å². The predicted molar refractivity (Wildman–Crippen MR) is 89.8 cm³/mol. The van der Waals surface area contributed by atoms with Crippen molar-refractivity contribution in [3.63, 3.8) is 0 Å². The molecule has 0 saturated heterocycles. The first kappa shape index (κ1) is 16.5. The van der Waals surface area contributed by atoms with Crippen molar-refractivity contribution < 1.29 is 9.90 Å². The average molecular weight is 353 g/mol. The summed E-state index contributed by atoms with van der Waals surface area (Å²) < 4.78 is 0. The molecule has 1 N–H and O–H groups in total. The largest absolute Gasteiger partial charge is 0.481 e. The van der Waals surface area contributed by atoms with Crippen LogP contribution in [0.2, 0.25) is 0 Å². The van der Waals surface area contributed by atoms with Crippen molar-refractivity contribution in [3.8, 4) is 0 Å². The van der Waals surface area contributed by atoms with E-state index in [1.165, 1.54) is 5.56 Å². The number of aliphatic carboxylic acids is 1. The zero-order chi connectivity index (χ0) is 15.7. The number of carbonyl (C=O) groups is 1. The smallest absolute Gasteiger partial charge is 0.314 e. The van der Waals surface area contributed by atoms with E-state index >= 15 is 0 Å². The second kappa shape index (κ2) is 6.12. The quantitative estimate of drug-likeness (QED) is 0.761. The fraction of sp³-hybridized carbons (Fsp3) is 0.611. The molecular weight excluding hydrogens is 328 g/mol. The first-order chi connectivity index (χ1) is 9.84. The number of benzene rings is 1. The van der Waals surface area contributed by atoms with Crippen molar-refractivity contribution in [3.05, 3.63) is 35.4 Å². The molecule has 0 aromatic heterocycles. The van der Waals surface area contributed by atoms with E-state index in [-0.39, 0.29) is 11.3 Å². The highest BCUT2D eigenvalue weighted by molar-refractivity contribution is 9.08. The maximum atomic E-state index is 12.4. The zero-order valence-corrected chi connectivity index (χ0v) is 14.7. The third-order valence-corrected chi connectivity index (χ3v) is 5.70. The van der Waals surface area contributed by atoms with Crippen LogP contribution in [0.5, 0.6) is 0 Å². The molecule has 1 aromatic rings. The minimum atomic E-state index is -0.797. The Hall–Kier alpha value is -0.830. The molecule has 0 unspecified atom stereocenters. The summed E-state index contributed by atoms with van der Waals surface area (Å²) in [6.45, 7) is 6.20. The number of halogens is 1. The molecule has 0 spiro atoms. The van der Waals surface area contributed by atoms with Crippen molar-refractivity contribution in [2.75, 3.05) is 0 Å². The summed E-state index contributed by atoms with van der Waals surface area (Å²) in [5, 5.41) is 11.0. The molecule has 1 aliphatic rings. The molecule has 0 heterocycles. The van der Waals surface area contributed by atoms with Gasteiger partial charge in [-0.15, -0.1) is 0 Å². The molecule has 0 bridgehead atoms. The number of hydrogen-bond donors (Lipinski definition) is 1. The molecule has 116 valence electrons. The van der Waals surface area contributed by atoms with Gasteiger partial charge < -0.3 is 5.11 Å². The van der Waals surface area contributed by atoms with Gasteiger partial charge in [0.25, 0.3) is 0 Å². The molecule has 1 aliphatic carbocycles. The standard InChI is InChI=1S/C18H25BrO2/c1-17(2,3)18(16(20)21,14-6-4-5-7-14)15-10-8-13(12-19)9-11-15/h8-11,14H,4-7,12H2,1-3H3,(H,20,21)/t18-/m0/s1. The maximum Gasteiger partial charge on any atom is 0.314 e. The topological polar surface area (TPSA) is 37.3 Å². The Morgan fingerprint density at radius 1 is 1.19 bits per heavy atom.